The van der Waals surface area contributed by atoms with Gasteiger partial charge >= 0.3 is 0 Å². The maximum atomic E-state index is 12.4. The number of nitrogen functional groups attached to an aromatic ring is 1. The van der Waals surface area contributed by atoms with Crippen LogP contribution in [0.2, 0.25) is 0 Å². The molecule has 2 rings (SSSR count). The first-order valence-electron chi connectivity index (χ1n) is 7.82. The zero-order chi connectivity index (χ0) is 17.7. The van der Waals surface area contributed by atoms with E-state index in [4.69, 9.17) is 15.2 Å². The molecule has 1 atom stereocenters. The zero-order valence-corrected chi connectivity index (χ0v) is 14.6. The van der Waals surface area contributed by atoms with Crippen molar-refractivity contribution in [3.63, 3.8) is 0 Å². The molecule has 1 amide bonds. The summed E-state index contributed by atoms with van der Waals surface area (Å²) in [6.07, 6.45) is 0.329. The van der Waals surface area contributed by atoms with E-state index < -0.39 is 0 Å². The van der Waals surface area contributed by atoms with Crippen molar-refractivity contribution >= 4 is 17.3 Å². The van der Waals surface area contributed by atoms with Gasteiger partial charge in [0.15, 0.2) is 0 Å². The van der Waals surface area contributed by atoms with Gasteiger partial charge in [0.05, 0.1) is 25.6 Å². The molecular formula is C19H24N2O3. The number of ether oxygens (including phenoxy) is 2. The van der Waals surface area contributed by atoms with E-state index in [1.54, 1.807) is 20.3 Å². The van der Waals surface area contributed by atoms with Crippen molar-refractivity contribution in [2.45, 2.75) is 26.2 Å². The van der Waals surface area contributed by atoms with Crippen LogP contribution >= 0.6 is 0 Å². The molecule has 0 fully saturated rings. The van der Waals surface area contributed by atoms with Gasteiger partial charge in [-0.25, -0.2) is 0 Å². The fourth-order valence-corrected chi connectivity index (χ4v) is 2.59. The minimum Gasteiger partial charge on any atom is -0.497 e. The molecular weight excluding hydrogens is 304 g/mol. The lowest BCUT2D eigenvalue weighted by atomic mass is 9.96. The summed E-state index contributed by atoms with van der Waals surface area (Å²) in [5.74, 6) is 1.35. The second-order valence-corrected chi connectivity index (χ2v) is 5.85. The lowest BCUT2D eigenvalue weighted by Gasteiger charge is -2.17. The molecule has 0 radical (unpaired) electrons. The normalized spacial score (nSPS) is 11.7. The minimum atomic E-state index is -0.0855. The summed E-state index contributed by atoms with van der Waals surface area (Å²) in [6.45, 7) is 3.95. The topological polar surface area (TPSA) is 73.6 Å². The van der Waals surface area contributed by atoms with Gasteiger partial charge in [-0.2, -0.15) is 0 Å². The molecule has 5 heteroatoms. The smallest absolute Gasteiger partial charge is 0.225 e. The summed E-state index contributed by atoms with van der Waals surface area (Å²) in [5.41, 5.74) is 9.12. The number of nitrogens with one attached hydrogen (secondary N) is 1. The predicted molar refractivity (Wildman–Crippen MR) is 96.8 cm³/mol. The molecule has 2 aromatic carbocycles. The summed E-state index contributed by atoms with van der Waals surface area (Å²) >= 11 is 0. The Labute approximate surface area is 142 Å². The van der Waals surface area contributed by atoms with Crippen LogP contribution in [-0.2, 0) is 4.79 Å². The predicted octanol–water partition coefficient (Wildman–Crippen LogP) is 3.73. The van der Waals surface area contributed by atoms with E-state index in [1.807, 2.05) is 44.2 Å². The van der Waals surface area contributed by atoms with Crippen LogP contribution < -0.4 is 20.5 Å². The Bertz CT molecular complexity index is 729. The standard InChI is InChI=1S/C19H24N2O3/c1-12-5-8-16(20)17(9-12)21-19(22)10-13(2)15-7-6-14(23-3)11-18(15)24-4/h5-9,11,13H,10,20H2,1-4H3,(H,21,22). The number of rotatable bonds is 6. The van der Waals surface area contributed by atoms with Crippen molar-refractivity contribution < 1.29 is 14.3 Å². The van der Waals surface area contributed by atoms with Crippen LogP contribution in [0.4, 0.5) is 11.4 Å². The molecule has 0 aromatic heterocycles. The molecule has 0 saturated heterocycles. The molecule has 2 aromatic rings. The molecule has 0 heterocycles. The number of carbonyl (C=O) groups is 1. The molecule has 3 N–H and O–H groups in total. The average Bonchev–Trinajstić information content (AvgIpc) is 2.57. The van der Waals surface area contributed by atoms with Crippen molar-refractivity contribution in [3.05, 3.63) is 47.5 Å². The molecule has 0 aliphatic carbocycles. The van der Waals surface area contributed by atoms with E-state index in [0.717, 1.165) is 16.9 Å². The number of benzene rings is 2. The first kappa shape index (κ1) is 17.7. The number of aryl methyl sites for hydroxylation is 1. The quantitative estimate of drug-likeness (QED) is 0.793. The highest BCUT2D eigenvalue weighted by Crippen LogP contribution is 2.32. The molecule has 128 valence electrons. The maximum absolute atomic E-state index is 12.4. The summed E-state index contributed by atoms with van der Waals surface area (Å²) in [5, 5.41) is 2.88. The van der Waals surface area contributed by atoms with Gasteiger partial charge in [0.2, 0.25) is 5.91 Å². The Morgan fingerprint density at radius 1 is 1.17 bits per heavy atom. The Kier molecular flexibility index (Phi) is 5.68. The van der Waals surface area contributed by atoms with Crippen LogP contribution in [0.15, 0.2) is 36.4 Å². The summed E-state index contributed by atoms with van der Waals surface area (Å²) in [4.78, 5) is 12.4. The van der Waals surface area contributed by atoms with Gasteiger partial charge in [0.1, 0.15) is 11.5 Å². The summed E-state index contributed by atoms with van der Waals surface area (Å²) in [7, 11) is 3.22. The van der Waals surface area contributed by atoms with Crippen molar-refractivity contribution in [1.29, 1.82) is 0 Å². The number of hydrogen-bond acceptors (Lipinski definition) is 4. The van der Waals surface area contributed by atoms with E-state index >= 15 is 0 Å². The second kappa shape index (κ2) is 7.73. The highest BCUT2D eigenvalue weighted by Gasteiger charge is 2.17. The van der Waals surface area contributed by atoms with Crippen LogP contribution in [-0.4, -0.2) is 20.1 Å². The van der Waals surface area contributed by atoms with Gasteiger partial charge in [-0.05, 0) is 42.2 Å². The van der Waals surface area contributed by atoms with Crippen molar-refractivity contribution in [2.24, 2.45) is 0 Å². The fraction of sp³-hybridized carbons (Fsp3) is 0.316. The Balaban J connectivity index is 2.10. The molecule has 0 spiro atoms. The summed E-state index contributed by atoms with van der Waals surface area (Å²) in [6, 6.07) is 11.2. The maximum Gasteiger partial charge on any atom is 0.225 e. The van der Waals surface area contributed by atoms with Crippen LogP contribution in [0, 0.1) is 6.92 Å². The first-order valence-corrected chi connectivity index (χ1v) is 7.82. The number of carbonyl (C=O) groups excluding carboxylic acids is 1. The molecule has 0 aliphatic rings. The van der Waals surface area contributed by atoms with Crippen molar-refractivity contribution in [3.8, 4) is 11.5 Å². The van der Waals surface area contributed by atoms with E-state index in [2.05, 4.69) is 5.32 Å². The minimum absolute atomic E-state index is 0.00288. The highest BCUT2D eigenvalue weighted by atomic mass is 16.5. The molecule has 0 bridgehead atoms. The Morgan fingerprint density at radius 3 is 2.58 bits per heavy atom. The average molecular weight is 328 g/mol. The Hall–Kier alpha value is -2.69. The van der Waals surface area contributed by atoms with Gasteiger partial charge in [0, 0.05) is 12.5 Å². The molecule has 0 saturated carbocycles. The number of hydrogen-bond donors (Lipinski definition) is 2. The van der Waals surface area contributed by atoms with Crippen molar-refractivity contribution in [2.75, 3.05) is 25.3 Å². The lowest BCUT2D eigenvalue weighted by Crippen LogP contribution is -2.16. The van der Waals surface area contributed by atoms with Crippen molar-refractivity contribution in [1.82, 2.24) is 0 Å². The van der Waals surface area contributed by atoms with E-state index in [0.29, 0.717) is 23.5 Å². The third kappa shape index (κ3) is 4.19. The molecule has 5 nitrogen and oxygen atoms in total. The Morgan fingerprint density at radius 2 is 1.92 bits per heavy atom. The van der Waals surface area contributed by atoms with E-state index in [9.17, 15) is 4.79 Å². The zero-order valence-electron chi connectivity index (χ0n) is 14.6. The number of nitrogens with two attached hydrogens (primary N) is 1. The van der Waals surface area contributed by atoms with Gasteiger partial charge in [-0.3, -0.25) is 4.79 Å². The first-order chi connectivity index (χ1) is 11.4. The molecule has 1 unspecified atom stereocenters. The number of anilines is 2. The fourth-order valence-electron chi connectivity index (χ4n) is 2.59. The van der Waals surface area contributed by atoms with Gasteiger partial charge in [0.25, 0.3) is 0 Å². The van der Waals surface area contributed by atoms with Crippen LogP contribution in [0.25, 0.3) is 0 Å². The van der Waals surface area contributed by atoms with Gasteiger partial charge < -0.3 is 20.5 Å². The van der Waals surface area contributed by atoms with Gasteiger partial charge in [-0.1, -0.05) is 19.1 Å². The SMILES string of the molecule is COc1ccc(C(C)CC(=O)Nc2cc(C)ccc2N)c(OC)c1. The lowest BCUT2D eigenvalue weighted by molar-refractivity contribution is -0.116. The summed E-state index contributed by atoms with van der Waals surface area (Å²) < 4.78 is 10.6. The third-order valence-electron chi connectivity index (χ3n) is 3.95. The van der Waals surface area contributed by atoms with Crippen LogP contribution in [0.1, 0.15) is 30.4 Å². The van der Waals surface area contributed by atoms with E-state index in [-0.39, 0.29) is 11.8 Å². The monoisotopic (exact) mass is 328 g/mol. The molecule has 24 heavy (non-hydrogen) atoms. The highest BCUT2D eigenvalue weighted by molar-refractivity contribution is 5.94. The van der Waals surface area contributed by atoms with Crippen LogP contribution in [0.3, 0.4) is 0 Å². The van der Waals surface area contributed by atoms with Gasteiger partial charge in [-0.15, -0.1) is 0 Å². The third-order valence-corrected chi connectivity index (χ3v) is 3.95. The second-order valence-electron chi connectivity index (χ2n) is 5.85. The largest absolute Gasteiger partial charge is 0.497 e. The molecule has 0 aliphatic heterocycles. The van der Waals surface area contributed by atoms with Crippen LogP contribution in [0.5, 0.6) is 11.5 Å². The number of amides is 1. The number of methoxy groups -OCH3 is 2. The van der Waals surface area contributed by atoms with E-state index in [1.165, 1.54) is 0 Å².